The van der Waals surface area contributed by atoms with Crippen molar-refractivity contribution in [3.05, 3.63) is 29.3 Å². The fourth-order valence-electron chi connectivity index (χ4n) is 1.86. The van der Waals surface area contributed by atoms with E-state index in [-0.39, 0.29) is 0 Å². The van der Waals surface area contributed by atoms with Crippen LogP contribution in [0.1, 0.15) is 50.7 Å². The minimum absolute atomic E-state index is 0.319. The van der Waals surface area contributed by atoms with Crippen molar-refractivity contribution in [3.63, 3.8) is 0 Å². The fraction of sp³-hybridized carbons (Fsp3) is 0.600. The lowest BCUT2D eigenvalue weighted by atomic mass is 9.95. The van der Waals surface area contributed by atoms with Crippen molar-refractivity contribution in [1.29, 1.82) is 0 Å². The highest BCUT2D eigenvalue weighted by Crippen LogP contribution is 2.30. The van der Waals surface area contributed by atoms with Gasteiger partial charge in [-0.1, -0.05) is 39.8 Å². The maximum absolute atomic E-state index is 5.83. The quantitative estimate of drug-likeness (QED) is 0.724. The lowest BCUT2D eigenvalue weighted by molar-refractivity contribution is 0.260. The highest BCUT2D eigenvalue weighted by Gasteiger charge is 2.23. The lowest BCUT2D eigenvalue weighted by Gasteiger charge is -2.16. The standard InChI is InChI=1S/C15H22O2/c1-10(2)12-5-6-15(14(7-12)11(3)4)17-9-13-8-16-13/h5-7,10-11,13H,8-9H2,1-4H3. The summed E-state index contributed by atoms with van der Waals surface area (Å²) in [5, 5.41) is 0. The molecule has 2 nitrogen and oxygen atoms in total. The van der Waals surface area contributed by atoms with E-state index in [1.807, 2.05) is 0 Å². The van der Waals surface area contributed by atoms with Crippen molar-refractivity contribution in [1.82, 2.24) is 0 Å². The maximum atomic E-state index is 5.83. The number of ether oxygens (including phenoxy) is 2. The van der Waals surface area contributed by atoms with Crippen LogP contribution in [0.15, 0.2) is 18.2 Å². The lowest BCUT2D eigenvalue weighted by Crippen LogP contribution is -2.07. The van der Waals surface area contributed by atoms with Crippen molar-refractivity contribution in [2.45, 2.75) is 45.6 Å². The van der Waals surface area contributed by atoms with Crippen molar-refractivity contribution in [3.8, 4) is 5.75 Å². The average Bonchev–Trinajstić information content (AvgIpc) is 3.09. The predicted molar refractivity (Wildman–Crippen MR) is 69.9 cm³/mol. The summed E-state index contributed by atoms with van der Waals surface area (Å²) < 4.78 is 11.0. The molecule has 2 heteroatoms. The zero-order valence-corrected chi connectivity index (χ0v) is 11.2. The van der Waals surface area contributed by atoms with Gasteiger partial charge in [0.1, 0.15) is 18.5 Å². The van der Waals surface area contributed by atoms with Crippen LogP contribution in [0.25, 0.3) is 0 Å². The van der Waals surface area contributed by atoms with Gasteiger partial charge in [0, 0.05) is 0 Å². The summed E-state index contributed by atoms with van der Waals surface area (Å²) in [7, 11) is 0. The third-order valence-corrected chi connectivity index (χ3v) is 3.15. The molecule has 1 aromatic carbocycles. The normalized spacial score (nSPS) is 18.8. The molecule has 0 amide bonds. The van der Waals surface area contributed by atoms with Crippen LogP contribution in [0.4, 0.5) is 0 Å². The Morgan fingerprint density at radius 1 is 1.24 bits per heavy atom. The van der Waals surface area contributed by atoms with E-state index in [9.17, 15) is 0 Å². The van der Waals surface area contributed by atoms with Crippen LogP contribution in [0.3, 0.4) is 0 Å². The Bertz CT molecular complexity index is 379. The van der Waals surface area contributed by atoms with Crippen molar-refractivity contribution in [2.24, 2.45) is 0 Å². The molecule has 1 aromatic rings. The van der Waals surface area contributed by atoms with Gasteiger partial charge >= 0.3 is 0 Å². The fourth-order valence-corrected chi connectivity index (χ4v) is 1.86. The van der Waals surface area contributed by atoms with Crippen LogP contribution in [0, 0.1) is 0 Å². The zero-order valence-electron chi connectivity index (χ0n) is 11.2. The van der Waals surface area contributed by atoms with E-state index < -0.39 is 0 Å². The Labute approximate surface area is 104 Å². The molecule has 0 radical (unpaired) electrons. The van der Waals surface area contributed by atoms with E-state index in [1.54, 1.807) is 0 Å². The molecular weight excluding hydrogens is 212 g/mol. The van der Waals surface area contributed by atoms with Crippen LogP contribution in [-0.2, 0) is 4.74 Å². The van der Waals surface area contributed by atoms with E-state index in [1.165, 1.54) is 11.1 Å². The van der Waals surface area contributed by atoms with E-state index in [0.29, 0.717) is 24.5 Å². The second kappa shape index (κ2) is 5.09. The minimum atomic E-state index is 0.319. The monoisotopic (exact) mass is 234 g/mol. The van der Waals surface area contributed by atoms with Gasteiger partial charge in [0.25, 0.3) is 0 Å². The number of epoxide rings is 1. The molecule has 1 fully saturated rings. The summed E-state index contributed by atoms with van der Waals surface area (Å²) in [5.41, 5.74) is 2.68. The Hall–Kier alpha value is -1.02. The largest absolute Gasteiger partial charge is 0.490 e. The molecule has 1 saturated heterocycles. The number of hydrogen-bond acceptors (Lipinski definition) is 2. The molecule has 1 heterocycles. The van der Waals surface area contributed by atoms with E-state index >= 15 is 0 Å². The van der Waals surface area contributed by atoms with Gasteiger partial charge in [-0.15, -0.1) is 0 Å². The summed E-state index contributed by atoms with van der Waals surface area (Å²) >= 11 is 0. The van der Waals surface area contributed by atoms with Gasteiger partial charge in [0.05, 0.1) is 6.61 Å². The Balaban J connectivity index is 2.17. The second-order valence-corrected chi connectivity index (χ2v) is 5.37. The van der Waals surface area contributed by atoms with Crippen molar-refractivity contribution >= 4 is 0 Å². The topological polar surface area (TPSA) is 21.8 Å². The first-order chi connectivity index (χ1) is 8.08. The van der Waals surface area contributed by atoms with E-state index in [0.717, 1.165) is 12.4 Å². The first kappa shape index (κ1) is 12.4. The molecule has 0 aromatic heterocycles. The Morgan fingerprint density at radius 3 is 2.47 bits per heavy atom. The molecular formula is C15H22O2. The molecule has 1 aliphatic heterocycles. The van der Waals surface area contributed by atoms with Crippen LogP contribution in [0.2, 0.25) is 0 Å². The van der Waals surface area contributed by atoms with Crippen molar-refractivity contribution in [2.75, 3.05) is 13.2 Å². The number of benzene rings is 1. The summed E-state index contributed by atoms with van der Waals surface area (Å²) in [4.78, 5) is 0. The molecule has 0 spiro atoms. The molecule has 94 valence electrons. The molecule has 0 N–H and O–H groups in total. The van der Waals surface area contributed by atoms with Gasteiger partial charge in [0.2, 0.25) is 0 Å². The van der Waals surface area contributed by atoms with Crippen LogP contribution in [-0.4, -0.2) is 19.3 Å². The van der Waals surface area contributed by atoms with Gasteiger partial charge in [-0.2, -0.15) is 0 Å². The first-order valence-corrected chi connectivity index (χ1v) is 6.46. The predicted octanol–water partition coefficient (Wildman–Crippen LogP) is 3.71. The second-order valence-electron chi connectivity index (χ2n) is 5.37. The molecule has 0 aliphatic carbocycles. The maximum Gasteiger partial charge on any atom is 0.122 e. The number of rotatable bonds is 5. The molecule has 17 heavy (non-hydrogen) atoms. The Morgan fingerprint density at radius 2 is 1.94 bits per heavy atom. The van der Waals surface area contributed by atoms with Gasteiger partial charge < -0.3 is 9.47 Å². The van der Waals surface area contributed by atoms with Crippen LogP contribution >= 0.6 is 0 Å². The third kappa shape index (κ3) is 3.22. The summed E-state index contributed by atoms with van der Waals surface area (Å²) in [5.74, 6) is 2.07. The highest BCUT2D eigenvalue weighted by atomic mass is 16.6. The summed E-state index contributed by atoms with van der Waals surface area (Å²) in [6.07, 6.45) is 0.319. The van der Waals surface area contributed by atoms with Crippen molar-refractivity contribution < 1.29 is 9.47 Å². The van der Waals surface area contributed by atoms with E-state index in [2.05, 4.69) is 45.9 Å². The van der Waals surface area contributed by atoms with Gasteiger partial charge in [-0.25, -0.2) is 0 Å². The summed E-state index contributed by atoms with van der Waals surface area (Å²) in [6, 6.07) is 6.55. The zero-order chi connectivity index (χ0) is 12.4. The third-order valence-electron chi connectivity index (χ3n) is 3.15. The van der Waals surface area contributed by atoms with E-state index in [4.69, 9.17) is 9.47 Å². The minimum Gasteiger partial charge on any atom is -0.490 e. The molecule has 1 unspecified atom stereocenters. The summed E-state index contributed by atoms with van der Waals surface area (Å²) in [6.45, 7) is 10.4. The first-order valence-electron chi connectivity index (χ1n) is 6.46. The van der Waals surface area contributed by atoms with Gasteiger partial charge in [-0.3, -0.25) is 0 Å². The average molecular weight is 234 g/mol. The van der Waals surface area contributed by atoms with Gasteiger partial charge in [0.15, 0.2) is 0 Å². The molecule has 1 atom stereocenters. The van der Waals surface area contributed by atoms with Crippen LogP contribution < -0.4 is 4.74 Å². The molecule has 1 aliphatic rings. The van der Waals surface area contributed by atoms with Crippen LogP contribution in [0.5, 0.6) is 5.75 Å². The Kier molecular flexibility index (Phi) is 3.72. The highest BCUT2D eigenvalue weighted by molar-refractivity contribution is 5.40. The number of hydrogen-bond donors (Lipinski definition) is 0. The molecule has 0 saturated carbocycles. The smallest absolute Gasteiger partial charge is 0.122 e. The van der Waals surface area contributed by atoms with Gasteiger partial charge in [-0.05, 0) is 29.0 Å². The SMILES string of the molecule is CC(C)c1ccc(OCC2CO2)c(C(C)C)c1. The molecule has 2 rings (SSSR count). The molecule has 0 bridgehead atoms.